The first kappa shape index (κ1) is 14.2. The van der Waals surface area contributed by atoms with E-state index in [1.807, 2.05) is 6.92 Å². The highest BCUT2D eigenvalue weighted by atomic mass is 32.2. The van der Waals surface area contributed by atoms with Crippen LogP contribution in [0.1, 0.15) is 11.5 Å². The highest BCUT2D eigenvalue weighted by Gasteiger charge is 2.04. The second-order valence-corrected chi connectivity index (χ2v) is 5.30. The maximum Gasteiger partial charge on any atom is 0.326 e. The van der Waals surface area contributed by atoms with Crippen molar-refractivity contribution < 1.29 is 9.21 Å². The summed E-state index contributed by atoms with van der Waals surface area (Å²) < 4.78 is 6.45. The minimum absolute atomic E-state index is 0.181. The number of amides is 2. The van der Waals surface area contributed by atoms with Crippen LogP contribution in [0.4, 0.5) is 4.79 Å². The number of carbonyl (C=O) groups excluding carboxylic acids is 1. The van der Waals surface area contributed by atoms with E-state index in [-0.39, 0.29) is 6.03 Å². The van der Waals surface area contributed by atoms with Crippen LogP contribution in [-0.4, -0.2) is 40.4 Å². The van der Waals surface area contributed by atoms with Crippen LogP contribution in [0.15, 0.2) is 10.8 Å². The van der Waals surface area contributed by atoms with Gasteiger partial charge in [-0.2, -0.15) is 11.8 Å². The Morgan fingerprint density at radius 2 is 2.41 bits per heavy atom. The molecule has 0 radical (unpaired) electrons. The first-order valence-corrected chi connectivity index (χ1v) is 6.84. The van der Waals surface area contributed by atoms with Crippen molar-refractivity contribution in [3.05, 3.63) is 17.8 Å². The monoisotopic (exact) mass is 275 g/mol. The van der Waals surface area contributed by atoms with Crippen molar-refractivity contribution in [3.63, 3.8) is 0 Å². The molecule has 1 N–H and O–H groups in total. The zero-order chi connectivity index (χ0) is 12.7. The Hall–Kier alpha value is -0.820. The number of aryl methyl sites for hydroxylation is 2. The highest BCUT2D eigenvalue weighted by molar-refractivity contribution is 7.99. The molecule has 0 saturated carbocycles. The lowest BCUT2D eigenvalue weighted by Crippen LogP contribution is -2.33. The fourth-order valence-electron chi connectivity index (χ4n) is 1.18. The number of nitrogens with zero attached hydrogens (tertiary/aromatic N) is 2. The number of thioether (sulfide) groups is 1. The molecule has 0 spiro atoms. The number of oxazole rings is 1. The second kappa shape index (κ2) is 7.50. The topological polar surface area (TPSA) is 58.4 Å². The first-order chi connectivity index (χ1) is 8.11. The van der Waals surface area contributed by atoms with Crippen LogP contribution < -0.4 is 5.32 Å². The van der Waals surface area contributed by atoms with Gasteiger partial charge in [0, 0.05) is 31.5 Å². The third kappa shape index (κ3) is 5.36. The van der Waals surface area contributed by atoms with E-state index in [2.05, 4.69) is 23.1 Å². The van der Waals surface area contributed by atoms with Crippen molar-refractivity contribution in [2.24, 2.45) is 0 Å². The molecule has 17 heavy (non-hydrogen) atoms. The normalized spacial score (nSPS) is 10.3. The Kier molecular flexibility index (Phi) is 6.28. The van der Waals surface area contributed by atoms with Crippen LogP contribution in [0.5, 0.6) is 0 Å². The van der Waals surface area contributed by atoms with Crippen LogP contribution in [0.3, 0.4) is 0 Å². The van der Waals surface area contributed by atoms with Crippen molar-refractivity contribution in [2.45, 2.75) is 13.3 Å². The Morgan fingerprint density at radius 3 is 3.00 bits per heavy atom. The second-order valence-electron chi connectivity index (χ2n) is 3.48. The van der Waals surface area contributed by atoms with Gasteiger partial charge in [0.2, 0.25) is 0 Å². The van der Waals surface area contributed by atoms with E-state index in [1.165, 1.54) is 10.7 Å². The number of hydrogen-bond donors (Lipinski definition) is 2. The Bertz CT molecular complexity index is 355. The average molecular weight is 275 g/mol. The molecule has 1 heterocycles. The van der Waals surface area contributed by atoms with Gasteiger partial charge in [0.15, 0.2) is 6.39 Å². The van der Waals surface area contributed by atoms with Gasteiger partial charge < -0.3 is 9.73 Å². The molecule has 0 aromatic carbocycles. The number of aromatic nitrogens is 1. The molecule has 5 nitrogen and oxygen atoms in total. The van der Waals surface area contributed by atoms with Gasteiger partial charge in [0.25, 0.3) is 0 Å². The van der Waals surface area contributed by atoms with E-state index in [1.54, 1.807) is 18.8 Å². The maximum atomic E-state index is 11.1. The minimum Gasteiger partial charge on any atom is -0.448 e. The largest absolute Gasteiger partial charge is 0.448 e. The molecule has 2 amide bonds. The predicted octanol–water partition coefficient (Wildman–Crippen LogP) is 1.74. The van der Waals surface area contributed by atoms with Crippen LogP contribution in [0.2, 0.25) is 0 Å². The van der Waals surface area contributed by atoms with Crippen molar-refractivity contribution in [1.29, 1.82) is 0 Å². The average Bonchev–Trinajstić information content (AvgIpc) is 2.68. The van der Waals surface area contributed by atoms with Gasteiger partial charge in [-0.1, -0.05) is 12.8 Å². The molecule has 7 heteroatoms. The molecule has 0 atom stereocenters. The number of hydrogen-bond acceptors (Lipinski definition) is 5. The highest BCUT2D eigenvalue weighted by Crippen LogP contribution is 2.09. The zero-order valence-corrected chi connectivity index (χ0v) is 11.7. The van der Waals surface area contributed by atoms with E-state index < -0.39 is 0 Å². The van der Waals surface area contributed by atoms with Gasteiger partial charge in [-0.05, 0) is 6.92 Å². The summed E-state index contributed by atoms with van der Waals surface area (Å²) in [4.78, 5) is 15.1. The van der Waals surface area contributed by atoms with E-state index in [0.717, 1.165) is 29.4 Å². The smallest absolute Gasteiger partial charge is 0.326 e. The summed E-state index contributed by atoms with van der Waals surface area (Å²) >= 11 is 5.65. The lowest BCUT2D eigenvalue weighted by Gasteiger charge is -2.10. The number of thiol groups is 1. The number of rotatable bonds is 6. The van der Waals surface area contributed by atoms with Gasteiger partial charge in [0.05, 0.1) is 5.69 Å². The fourth-order valence-corrected chi connectivity index (χ4v) is 2.03. The summed E-state index contributed by atoms with van der Waals surface area (Å²) in [5.41, 5.74) is 0.954. The van der Waals surface area contributed by atoms with Crippen LogP contribution in [-0.2, 0) is 6.42 Å². The van der Waals surface area contributed by atoms with Crippen molar-refractivity contribution >= 4 is 30.6 Å². The molecular weight excluding hydrogens is 258 g/mol. The van der Waals surface area contributed by atoms with Crippen LogP contribution >= 0.6 is 24.6 Å². The van der Waals surface area contributed by atoms with Crippen molar-refractivity contribution in [2.75, 3.05) is 25.1 Å². The van der Waals surface area contributed by atoms with Crippen LogP contribution in [0, 0.1) is 6.92 Å². The predicted molar refractivity (Wildman–Crippen MR) is 72.4 cm³/mol. The molecule has 1 aromatic rings. The summed E-state index contributed by atoms with van der Waals surface area (Å²) in [7, 11) is 1.60. The Morgan fingerprint density at radius 1 is 1.65 bits per heavy atom. The van der Waals surface area contributed by atoms with Gasteiger partial charge in [0.1, 0.15) is 5.76 Å². The molecule has 1 rings (SSSR count). The summed E-state index contributed by atoms with van der Waals surface area (Å²) in [6.45, 7) is 2.58. The molecule has 1 aromatic heterocycles. The van der Waals surface area contributed by atoms with Gasteiger partial charge in [-0.15, -0.1) is 0 Å². The van der Waals surface area contributed by atoms with Gasteiger partial charge >= 0.3 is 6.03 Å². The molecule has 0 fully saturated rings. The molecule has 0 saturated heterocycles. The molecule has 96 valence electrons. The first-order valence-electron chi connectivity index (χ1n) is 5.28. The summed E-state index contributed by atoms with van der Waals surface area (Å²) in [6.07, 6.45) is 2.34. The third-order valence-corrected chi connectivity index (χ3v) is 3.30. The summed E-state index contributed by atoms with van der Waals surface area (Å²) in [5.74, 6) is 2.78. The molecule has 0 aliphatic heterocycles. The maximum absolute atomic E-state index is 11.1. The summed E-state index contributed by atoms with van der Waals surface area (Å²) in [5, 5.41) is 2.74. The van der Waals surface area contributed by atoms with Gasteiger partial charge in [-0.3, -0.25) is 4.31 Å². The standard InChI is InChI=1S/C10H17N3O2S2/c1-8-9(15-7-12-8)3-5-17-6-4-11-10(14)13(2)16/h7,16H,3-6H2,1-2H3,(H,11,14). The lowest BCUT2D eigenvalue weighted by atomic mass is 10.3. The molecule has 0 aliphatic rings. The van der Waals surface area contributed by atoms with E-state index in [0.29, 0.717) is 6.54 Å². The quantitative estimate of drug-likeness (QED) is 0.613. The van der Waals surface area contributed by atoms with Crippen LogP contribution in [0.25, 0.3) is 0 Å². The van der Waals surface area contributed by atoms with E-state index >= 15 is 0 Å². The zero-order valence-electron chi connectivity index (χ0n) is 9.97. The molecule has 0 unspecified atom stereocenters. The van der Waals surface area contributed by atoms with Crippen molar-refractivity contribution in [1.82, 2.24) is 14.6 Å². The molecular formula is C10H17N3O2S2. The van der Waals surface area contributed by atoms with E-state index in [9.17, 15) is 4.79 Å². The third-order valence-electron chi connectivity index (χ3n) is 2.13. The summed E-state index contributed by atoms with van der Waals surface area (Å²) in [6, 6.07) is -0.181. The minimum atomic E-state index is -0.181. The van der Waals surface area contributed by atoms with E-state index in [4.69, 9.17) is 4.42 Å². The number of urea groups is 1. The number of carbonyl (C=O) groups is 1. The fraction of sp³-hybridized carbons (Fsp3) is 0.600. The van der Waals surface area contributed by atoms with Gasteiger partial charge in [-0.25, -0.2) is 9.78 Å². The lowest BCUT2D eigenvalue weighted by molar-refractivity contribution is 0.231. The van der Waals surface area contributed by atoms with Crippen molar-refractivity contribution in [3.8, 4) is 0 Å². The Labute approximate surface area is 111 Å². The molecule has 0 aliphatic carbocycles. The molecule has 0 bridgehead atoms. The number of nitrogens with one attached hydrogen (secondary N) is 1. The SMILES string of the molecule is Cc1ncoc1CCSCCNC(=O)N(C)S. The Balaban J connectivity index is 2.02.